The van der Waals surface area contributed by atoms with Crippen molar-refractivity contribution < 1.29 is 4.79 Å². The highest BCUT2D eigenvalue weighted by Crippen LogP contribution is 2.25. The third kappa shape index (κ3) is 1.58. The van der Waals surface area contributed by atoms with Crippen LogP contribution in [0.25, 0.3) is 0 Å². The van der Waals surface area contributed by atoms with E-state index >= 15 is 0 Å². The third-order valence-electron chi connectivity index (χ3n) is 2.78. The zero-order valence-electron chi connectivity index (χ0n) is 8.47. The van der Waals surface area contributed by atoms with Crippen molar-refractivity contribution >= 4 is 5.78 Å². The summed E-state index contributed by atoms with van der Waals surface area (Å²) in [6.45, 7) is 0.441. The fourth-order valence-electron chi connectivity index (χ4n) is 2.14. The zero-order chi connectivity index (χ0) is 9.97. The highest BCUT2D eigenvalue weighted by atomic mass is 16.1. The molecule has 0 fully saturated rings. The molecule has 0 unspecified atom stereocenters. The molecular formula is C12H15NO. The molecule has 1 aliphatic rings. The minimum absolute atomic E-state index is 0.214. The smallest absolute Gasteiger partial charge is 0.176 e. The van der Waals surface area contributed by atoms with Crippen molar-refractivity contribution in [2.45, 2.75) is 19.3 Å². The summed E-state index contributed by atoms with van der Waals surface area (Å²) < 4.78 is 0. The van der Waals surface area contributed by atoms with Crippen LogP contribution in [-0.4, -0.2) is 19.4 Å². The molecule has 2 nitrogen and oxygen atoms in total. The number of benzene rings is 1. The minimum atomic E-state index is 0.214. The maximum absolute atomic E-state index is 11.7. The number of carbonyl (C=O) groups is 1. The van der Waals surface area contributed by atoms with Gasteiger partial charge in [0.2, 0.25) is 0 Å². The lowest BCUT2D eigenvalue weighted by molar-refractivity contribution is 0.0993. The topological polar surface area (TPSA) is 29.1 Å². The number of nitrogens with one attached hydrogen (secondary N) is 1. The SMILES string of the molecule is CNCC(=O)c1cccc2c1CCC2. The van der Waals surface area contributed by atoms with Crippen LogP contribution in [0.2, 0.25) is 0 Å². The molecule has 0 amide bonds. The van der Waals surface area contributed by atoms with Gasteiger partial charge in [0.05, 0.1) is 6.54 Å². The third-order valence-corrected chi connectivity index (χ3v) is 2.78. The lowest BCUT2D eigenvalue weighted by atomic mass is 10.00. The lowest BCUT2D eigenvalue weighted by Crippen LogP contribution is -2.19. The first kappa shape index (κ1) is 9.41. The van der Waals surface area contributed by atoms with Crippen LogP contribution in [0.15, 0.2) is 18.2 Å². The molecule has 0 spiro atoms. The maximum atomic E-state index is 11.7. The molecule has 2 heteroatoms. The minimum Gasteiger partial charge on any atom is -0.313 e. The summed E-state index contributed by atoms with van der Waals surface area (Å²) in [7, 11) is 1.81. The Balaban J connectivity index is 2.34. The van der Waals surface area contributed by atoms with Crippen LogP contribution in [-0.2, 0) is 12.8 Å². The number of ketones is 1. The largest absolute Gasteiger partial charge is 0.313 e. The van der Waals surface area contributed by atoms with Gasteiger partial charge >= 0.3 is 0 Å². The molecule has 1 aromatic carbocycles. The van der Waals surface area contributed by atoms with Crippen LogP contribution in [0.3, 0.4) is 0 Å². The van der Waals surface area contributed by atoms with Gasteiger partial charge in [0.1, 0.15) is 0 Å². The molecule has 0 aromatic heterocycles. The number of hydrogen-bond acceptors (Lipinski definition) is 2. The highest BCUT2D eigenvalue weighted by molar-refractivity contribution is 5.99. The average Bonchev–Trinajstić information content (AvgIpc) is 2.65. The molecule has 0 atom stereocenters. The van der Waals surface area contributed by atoms with Crippen molar-refractivity contribution in [3.8, 4) is 0 Å². The average molecular weight is 189 g/mol. The second-order valence-electron chi connectivity index (χ2n) is 3.75. The Morgan fingerprint density at radius 2 is 2.29 bits per heavy atom. The van der Waals surface area contributed by atoms with Gasteiger partial charge in [-0.15, -0.1) is 0 Å². The molecule has 74 valence electrons. The van der Waals surface area contributed by atoms with Gasteiger partial charge in [0.25, 0.3) is 0 Å². The molecule has 0 heterocycles. The first-order chi connectivity index (χ1) is 6.83. The molecule has 0 saturated heterocycles. The number of Topliss-reactive ketones (excluding diaryl/α,β-unsaturated/α-hetero) is 1. The predicted molar refractivity (Wildman–Crippen MR) is 56.7 cm³/mol. The molecule has 0 saturated carbocycles. The van der Waals surface area contributed by atoms with Crippen molar-refractivity contribution in [3.05, 3.63) is 34.9 Å². The van der Waals surface area contributed by atoms with E-state index in [1.165, 1.54) is 17.5 Å². The van der Waals surface area contributed by atoms with E-state index in [0.29, 0.717) is 6.54 Å². The maximum Gasteiger partial charge on any atom is 0.176 e. The number of rotatable bonds is 3. The first-order valence-electron chi connectivity index (χ1n) is 5.11. The van der Waals surface area contributed by atoms with E-state index in [9.17, 15) is 4.79 Å². The molecule has 0 bridgehead atoms. The molecule has 1 aliphatic carbocycles. The van der Waals surface area contributed by atoms with Crippen LogP contribution in [0.4, 0.5) is 0 Å². The Hall–Kier alpha value is -1.15. The number of carbonyl (C=O) groups excluding carboxylic acids is 1. The van der Waals surface area contributed by atoms with E-state index < -0.39 is 0 Å². The summed E-state index contributed by atoms with van der Waals surface area (Å²) in [4.78, 5) is 11.7. The number of hydrogen-bond donors (Lipinski definition) is 1. The van der Waals surface area contributed by atoms with Gasteiger partial charge < -0.3 is 5.32 Å². The van der Waals surface area contributed by atoms with E-state index in [2.05, 4.69) is 11.4 Å². The Bertz CT molecular complexity index is 357. The van der Waals surface area contributed by atoms with Gasteiger partial charge in [0, 0.05) is 5.56 Å². The summed E-state index contributed by atoms with van der Waals surface area (Å²) in [6, 6.07) is 6.08. The monoisotopic (exact) mass is 189 g/mol. The van der Waals surface area contributed by atoms with Gasteiger partial charge in [-0.1, -0.05) is 18.2 Å². The fraction of sp³-hybridized carbons (Fsp3) is 0.417. The van der Waals surface area contributed by atoms with E-state index in [1.54, 1.807) is 7.05 Å². The van der Waals surface area contributed by atoms with Gasteiger partial charge in [-0.3, -0.25) is 4.79 Å². The second kappa shape index (κ2) is 3.93. The van der Waals surface area contributed by atoms with Crippen LogP contribution in [0, 0.1) is 0 Å². The summed E-state index contributed by atoms with van der Waals surface area (Å²) in [5.41, 5.74) is 3.58. The van der Waals surface area contributed by atoms with Crippen molar-refractivity contribution in [2.75, 3.05) is 13.6 Å². The van der Waals surface area contributed by atoms with Gasteiger partial charge in [-0.2, -0.15) is 0 Å². The fourth-order valence-corrected chi connectivity index (χ4v) is 2.14. The normalized spacial score (nSPS) is 14.1. The van der Waals surface area contributed by atoms with Gasteiger partial charge in [0.15, 0.2) is 5.78 Å². The molecule has 14 heavy (non-hydrogen) atoms. The van der Waals surface area contributed by atoms with Crippen LogP contribution in [0.5, 0.6) is 0 Å². The number of likely N-dealkylation sites (N-methyl/N-ethyl adjacent to an activating group) is 1. The lowest BCUT2D eigenvalue weighted by Gasteiger charge is -2.06. The second-order valence-corrected chi connectivity index (χ2v) is 3.75. The molecular weight excluding hydrogens is 174 g/mol. The van der Waals surface area contributed by atoms with E-state index in [0.717, 1.165) is 18.4 Å². The molecule has 1 aromatic rings. The standard InChI is InChI=1S/C12H15NO/c1-13-8-12(14)11-7-3-5-9-4-2-6-10(9)11/h3,5,7,13H,2,4,6,8H2,1H3. The summed E-state index contributed by atoms with van der Waals surface area (Å²) in [5.74, 6) is 0.214. The van der Waals surface area contributed by atoms with E-state index in [-0.39, 0.29) is 5.78 Å². The predicted octanol–water partition coefficient (Wildman–Crippen LogP) is 1.58. The van der Waals surface area contributed by atoms with Crippen molar-refractivity contribution in [1.82, 2.24) is 5.32 Å². The van der Waals surface area contributed by atoms with Crippen LogP contribution in [0.1, 0.15) is 27.9 Å². The first-order valence-corrected chi connectivity index (χ1v) is 5.11. The van der Waals surface area contributed by atoms with Crippen molar-refractivity contribution in [3.63, 3.8) is 0 Å². The Kier molecular flexibility index (Phi) is 2.64. The summed E-state index contributed by atoms with van der Waals surface area (Å²) in [5, 5.41) is 2.91. The number of fused-ring (bicyclic) bond motifs is 1. The highest BCUT2D eigenvalue weighted by Gasteiger charge is 2.17. The Morgan fingerprint density at radius 1 is 1.43 bits per heavy atom. The Morgan fingerprint density at radius 3 is 3.07 bits per heavy atom. The van der Waals surface area contributed by atoms with Gasteiger partial charge in [-0.25, -0.2) is 0 Å². The van der Waals surface area contributed by atoms with Gasteiger partial charge in [-0.05, 0) is 37.4 Å². The Labute approximate surface area is 84.3 Å². The molecule has 2 rings (SSSR count). The molecule has 0 radical (unpaired) electrons. The van der Waals surface area contributed by atoms with Crippen molar-refractivity contribution in [2.24, 2.45) is 0 Å². The molecule has 0 aliphatic heterocycles. The van der Waals surface area contributed by atoms with E-state index in [1.807, 2.05) is 12.1 Å². The van der Waals surface area contributed by atoms with Crippen LogP contribution < -0.4 is 5.32 Å². The van der Waals surface area contributed by atoms with E-state index in [4.69, 9.17) is 0 Å². The number of aryl methyl sites for hydroxylation is 1. The summed E-state index contributed by atoms with van der Waals surface area (Å²) in [6.07, 6.45) is 3.40. The zero-order valence-corrected chi connectivity index (χ0v) is 8.47. The quantitative estimate of drug-likeness (QED) is 0.731. The molecule has 1 N–H and O–H groups in total. The van der Waals surface area contributed by atoms with Crippen molar-refractivity contribution in [1.29, 1.82) is 0 Å². The summed E-state index contributed by atoms with van der Waals surface area (Å²) >= 11 is 0. The van der Waals surface area contributed by atoms with Crippen LogP contribution >= 0.6 is 0 Å².